The van der Waals surface area contributed by atoms with Crippen LogP contribution in [0.4, 0.5) is 9.18 Å². The van der Waals surface area contributed by atoms with E-state index in [1.54, 1.807) is 27.8 Å². The molecule has 2 aliphatic carbocycles. The lowest BCUT2D eigenvalue weighted by Crippen LogP contribution is -2.41. The molecule has 3 rings (SSSR count). The Kier molecular flexibility index (Phi) is 7.16. The van der Waals surface area contributed by atoms with Crippen molar-refractivity contribution in [1.82, 2.24) is 10.6 Å². The van der Waals surface area contributed by atoms with Crippen LogP contribution in [0.3, 0.4) is 0 Å². The molecule has 7 heteroatoms. The van der Waals surface area contributed by atoms with E-state index in [0.29, 0.717) is 17.7 Å². The summed E-state index contributed by atoms with van der Waals surface area (Å²) in [5, 5.41) is 5.39. The Labute approximate surface area is 189 Å². The molecule has 2 fully saturated rings. The Balaban J connectivity index is 1.56. The second-order valence-corrected chi connectivity index (χ2v) is 10.1. The highest BCUT2D eigenvalue weighted by Crippen LogP contribution is 2.59. The first-order valence-electron chi connectivity index (χ1n) is 11.3. The van der Waals surface area contributed by atoms with Crippen molar-refractivity contribution < 1.29 is 23.5 Å². The summed E-state index contributed by atoms with van der Waals surface area (Å²) in [6.45, 7) is 5.33. The molecule has 0 spiro atoms. The number of amides is 2. The highest BCUT2D eigenvalue weighted by molar-refractivity contribution is 5.83. The van der Waals surface area contributed by atoms with Crippen LogP contribution in [0.5, 0.6) is 5.75 Å². The minimum Gasteiger partial charge on any atom is -0.489 e. The van der Waals surface area contributed by atoms with Gasteiger partial charge in [-0.3, -0.25) is 4.79 Å². The van der Waals surface area contributed by atoms with Crippen LogP contribution < -0.4 is 15.4 Å². The summed E-state index contributed by atoms with van der Waals surface area (Å²) in [7, 11) is 1.72. The summed E-state index contributed by atoms with van der Waals surface area (Å²) in [5.41, 5.74) is 0.744. The number of fused-ring (bicyclic) bond motifs is 2. The van der Waals surface area contributed by atoms with Crippen LogP contribution in [0.1, 0.15) is 64.9 Å². The van der Waals surface area contributed by atoms with E-state index < -0.39 is 11.7 Å². The number of ether oxygens (including phenoxy) is 2. The van der Waals surface area contributed by atoms with Crippen molar-refractivity contribution in [2.45, 2.75) is 70.3 Å². The lowest BCUT2D eigenvalue weighted by molar-refractivity contribution is -0.131. The van der Waals surface area contributed by atoms with Crippen LogP contribution in [0.25, 0.3) is 0 Å². The number of nitrogens with one attached hydrogen (secondary N) is 2. The van der Waals surface area contributed by atoms with Gasteiger partial charge in [0.25, 0.3) is 0 Å². The Bertz CT molecular complexity index is 862. The molecular formula is C25H35FN2O4. The second kappa shape index (κ2) is 9.51. The molecule has 0 aromatic heterocycles. The SMILES string of the molecule is CNC(=O)C12CCCC(c3ccc(OC/C(=C/F)CNC(=O)OC(C)(C)C)cc3)(CC1)C2. The topological polar surface area (TPSA) is 76.7 Å². The number of hydrogen-bond acceptors (Lipinski definition) is 4. The molecule has 2 amide bonds. The molecule has 2 atom stereocenters. The van der Waals surface area contributed by atoms with Crippen LogP contribution >= 0.6 is 0 Å². The van der Waals surface area contributed by atoms with Gasteiger partial charge in [-0.05, 0) is 76.0 Å². The zero-order valence-corrected chi connectivity index (χ0v) is 19.6. The minimum atomic E-state index is -0.612. The number of hydrogen-bond donors (Lipinski definition) is 2. The van der Waals surface area contributed by atoms with Crippen LogP contribution in [-0.4, -0.2) is 37.8 Å². The lowest BCUT2D eigenvalue weighted by atomic mass is 9.66. The smallest absolute Gasteiger partial charge is 0.407 e. The summed E-state index contributed by atoms with van der Waals surface area (Å²) in [6, 6.07) is 7.93. The van der Waals surface area contributed by atoms with Gasteiger partial charge in [0, 0.05) is 19.2 Å². The van der Waals surface area contributed by atoms with E-state index in [1.807, 2.05) is 12.1 Å². The minimum absolute atomic E-state index is 0.00812. The van der Waals surface area contributed by atoms with Crippen molar-refractivity contribution in [3.63, 3.8) is 0 Å². The molecule has 2 N–H and O–H groups in total. The summed E-state index contributed by atoms with van der Waals surface area (Å²) >= 11 is 0. The number of rotatable bonds is 7. The number of halogens is 1. The summed E-state index contributed by atoms with van der Waals surface area (Å²) in [6.07, 6.45) is 5.81. The van der Waals surface area contributed by atoms with E-state index >= 15 is 0 Å². The predicted octanol–water partition coefficient (Wildman–Crippen LogP) is 4.78. The van der Waals surface area contributed by atoms with Crippen molar-refractivity contribution in [2.24, 2.45) is 5.41 Å². The summed E-state index contributed by atoms with van der Waals surface area (Å²) in [5.74, 6) is 0.803. The standard InChI is InChI=1S/C25H35FN2O4/c1-23(2,3)32-22(30)28-15-18(14-26)16-31-20-8-6-19(7-9-20)24-10-5-11-25(17-24,13-12-24)21(29)27-4/h6-9,14H,5,10-13,15-17H2,1-4H3,(H,27,29)(H,28,30)/b18-14+. The van der Waals surface area contributed by atoms with Crippen LogP contribution in [0.15, 0.2) is 36.2 Å². The Morgan fingerprint density at radius 3 is 2.47 bits per heavy atom. The highest BCUT2D eigenvalue weighted by Gasteiger charge is 2.54. The molecule has 1 aromatic carbocycles. The molecule has 2 aliphatic rings. The number of alkyl carbamates (subject to hydrolysis) is 1. The van der Waals surface area contributed by atoms with E-state index in [1.165, 1.54) is 5.56 Å². The zero-order chi connectivity index (χ0) is 23.4. The van der Waals surface area contributed by atoms with Crippen LogP contribution in [0, 0.1) is 5.41 Å². The van der Waals surface area contributed by atoms with Gasteiger partial charge in [0.1, 0.15) is 18.0 Å². The molecule has 2 unspecified atom stereocenters. The predicted molar refractivity (Wildman–Crippen MR) is 121 cm³/mol. The maximum Gasteiger partial charge on any atom is 0.407 e. The van der Waals surface area contributed by atoms with Gasteiger partial charge in [-0.2, -0.15) is 0 Å². The Morgan fingerprint density at radius 2 is 1.84 bits per heavy atom. The first-order valence-corrected chi connectivity index (χ1v) is 11.3. The molecule has 6 nitrogen and oxygen atoms in total. The van der Waals surface area contributed by atoms with E-state index in [-0.39, 0.29) is 29.9 Å². The summed E-state index contributed by atoms with van der Waals surface area (Å²) < 4.78 is 24.1. The molecule has 0 heterocycles. The first kappa shape index (κ1) is 24.1. The van der Waals surface area contributed by atoms with Gasteiger partial charge in [0.05, 0.1) is 11.7 Å². The molecule has 0 saturated heterocycles. The molecule has 32 heavy (non-hydrogen) atoms. The normalized spacial score (nSPS) is 25.2. The fraction of sp³-hybridized carbons (Fsp3) is 0.600. The fourth-order valence-corrected chi connectivity index (χ4v) is 5.16. The lowest BCUT2D eigenvalue weighted by Gasteiger charge is -2.39. The third-order valence-electron chi connectivity index (χ3n) is 6.68. The Hall–Kier alpha value is -2.57. The molecular weight excluding hydrogens is 411 g/mol. The van der Waals surface area contributed by atoms with E-state index in [9.17, 15) is 14.0 Å². The monoisotopic (exact) mass is 446 g/mol. The number of benzene rings is 1. The zero-order valence-electron chi connectivity index (χ0n) is 19.6. The van der Waals surface area contributed by atoms with Gasteiger partial charge >= 0.3 is 6.09 Å². The van der Waals surface area contributed by atoms with Gasteiger partial charge in [-0.15, -0.1) is 0 Å². The van der Waals surface area contributed by atoms with Gasteiger partial charge in [-0.1, -0.05) is 18.6 Å². The average Bonchev–Trinajstić information content (AvgIpc) is 3.04. The molecule has 2 bridgehead atoms. The van der Waals surface area contributed by atoms with Crippen molar-refractivity contribution in [2.75, 3.05) is 20.2 Å². The first-order chi connectivity index (χ1) is 15.1. The van der Waals surface area contributed by atoms with Gasteiger partial charge in [-0.25, -0.2) is 9.18 Å². The number of carbonyl (C=O) groups is 2. The van der Waals surface area contributed by atoms with Crippen molar-refractivity contribution in [1.29, 1.82) is 0 Å². The van der Waals surface area contributed by atoms with Gasteiger partial charge in [0.15, 0.2) is 0 Å². The summed E-state index contributed by atoms with van der Waals surface area (Å²) in [4.78, 5) is 24.3. The van der Waals surface area contributed by atoms with Crippen LogP contribution in [-0.2, 0) is 14.9 Å². The number of carbonyl (C=O) groups excluding carboxylic acids is 2. The van der Waals surface area contributed by atoms with Crippen molar-refractivity contribution >= 4 is 12.0 Å². The maximum atomic E-state index is 13.2. The molecule has 176 valence electrons. The average molecular weight is 447 g/mol. The third kappa shape index (κ3) is 5.43. The fourth-order valence-electron chi connectivity index (χ4n) is 5.16. The molecule has 0 radical (unpaired) electrons. The Morgan fingerprint density at radius 1 is 1.12 bits per heavy atom. The van der Waals surface area contributed by atoms with Gasteiger partial charge < -0.3 is 20.1 Å². The van der Waals surface area contributed by atoms with E-state index in [4.69, 9.17) is 9.47 Å². The molecule has 1 aromatic rings. The highest BCUT2D eigenvalue weighted by atomic mass is 19.1. The second-order valence-electron chi connectivity index (χ2n) is 10.1. The quantitative estimate of drug-likeness (QED) is 0.632. The largest absolute Gasteiger partial charge is 0.489 e. The van der Waals surface area contributed by atoms with Crippen molar-refractivity contribution in [3.8, 4) is 5.75 Å². The molecule has 2 saturated carbocycles. The van der Waals surface area contributed by atoms with Crippen molar-refractivity contribution in [3.05, 3.63) is 41.7 Å². The third-order valence-corrected chi connectivity index (χ3v) is 6.68. The maximum absolute atomic E-state index is 13.2. The molecule has 0 aliphatic heterocycles. The van der Waals surface area contributed by atoms with Crippen LogP contribution in [0.2, 0.25) is 0 Å². The van der Waals surface area contributed by atoms with E-state index in [2.05, 4.69) is 22.8 Å². The van der Waals surface area contributed by atoms with E-state index in [0.717, 1.165) is 38.5 Å². The van der Waals surface area contributed by atoms with Gasteiger partial charge in [0.2, 0.25) is 5.91 Å².